The molecule has 21 heavy (non-hydrogen) atoms. The molecule has 1 atom stereocenters. The van der Waals surface area contributed by atoms with E-state index in [1.165, 1.54) is 17.8 Å². The lowest BCUT2D eigenvalue weighted by Gasteiger charge is -2.14. The highest BCUT2D eigenvalue weighted by molar-refractivity contribution is 7.99. The van der Waals surface area contributed by atoms with Gasteiger partial charge in [0.2, 0.25) is 0 Å². The van der Waals surface area contributed by atoms with E-state index in [-0.39, 0.29) is 0 Å². The number of thioether (sulfide) groups is 1. The van der Waals surface area contributed by atoms with Crippen LogP contribution < -0.4 is 5.73 Å². The van der Waals surface area contributed by atoms with Crippen LogP contribution in [0, 0.1) is 0 Å². The van der Waals surface area contributed by atoms with Crippen LogP contribution in [-0.2, 0) is 6.18 Å². The fourth-order valence-electron chi connectivity index (χ4n) is 1.78. The lowest BCUT2D eigenvalue weighted by molar-refractivity contribution is -0.137. The molecule has 2 rings (SSSR count). The normalized spacial score (nSPS) is 13.2. The Bertz CT molecular complexity index is 616. The van der Waals surface area contributed by atoms with Crippen molar-refractivity contribution in [1.29, 1.82) is 0 Å². The molecule has 0 saturated carbocycles. The summed E-state index contributed by atoms with van der Waals surface area (Å²) in [7, 11) is 0. The molecule has 1 unspecified atom stereocenters. The van der Waals surface area contributed by atoms with E-state index >= 15 is 0 Å². The molecule has 0 aromatic heterocycles. The van der Waals surface area contributed by atoms with Gasteiger partial charge in [-0.3, -0.25) is 0 Å². The summed E-state index contributed by atoms with van der Waals surface area (Å²) >= 11 is 7.45. The second kappa shape index (κ2) is 6.73. The van der Waals surface area contributed by atoms with Crippen molar-refractivity contribution in [1.82, 2.24) is 0 Å². The van der Waals surface area contributed by atoms with Gasteiger partial charge in [0.15, 0.2) is 0 Å². The van der Waals surface area contributed by atoms with Gasteiger partial charge in [0.1, 0.15) is 0 Å². The van der Waals surface area contributed by atoms with E-state index in [1.54, 1.807) is 12.1 Å². The smallest absolute Gasteiger partial charge is 0.323 e. The number of hydrogen-bond donors (Lipinski definition) is 1. The summed E-state index contributed by atoms with van der Waals surface area (Å²) in [4.78, 5) is 0.863. The number of nitrogens with two attached hydrogens (primary N) is 1. The number of halogens is 4. The fraction of sp³-hybridized carbons (Fsp3) is 0.200. The minimum absolute atomic E-state index is 0.449. The van der Waals surface area contributed by atoms with Gasteiger partial charge in [-0.2, -0.15) is 13.2 Å². The predicted octanol–water partition coefficient (Wildman–Crippen LogP) is 5.15. The van der Waals surface area contributed by atoms with Crippen molar-refractivity contribution in [3.63, 3.8) is 0 Å². The van der Waals surface area contributed by atoms with Crippen molar-refractivity contribution in [3.05, 3.63) is 64.7 Å². The van der Waals surface area contributed by atoms with Gasteiger partial charge in [-0.15, -0.1) is 11.8 Å². The average Bonchev–Trinajstić information content (AvgIpc) is 2.45. The molecular formula is C15H13ClF3NS. The summed E-state index contributed by atoms with van der Waals surface area (Å²) in [6.45, 7) is 0. The minimum Gasteiger partial charge on any atom is -0.323 e. The number of benzene rings is 2. The van der Waals surface area contributed by atoms with E-state index < -0.39 is 17.8 Å². The van der Waals surface area contributed by atoms with Crippen LogP contribution in [0.2, 0.25) is 5.02 Å². The predicted molar refractivity (Wildman–Crippen MR) is 80.5 cm³/mol. The molecule has 0 spiro atoms. The van der Waals surface area contributed by atoms with Crippen molar-refractivity contribution in [2.45, 2.75) is 17.1 Å². The van der Waals surface area contributed by atoms with E-state index in [1.807, 2.05) is 18.2 Å². The van der Waals surface area contributed by atoms with Crippen molar-refractivity contribution in [2.75, 3.05) is 5.75 Å². The number of hydrogen-bond acceptors (Lipinski definition) is 2. The second-order valence-electron chi connectivity index (χ2n) is 4.47. The SMILES string of the molecule is NC(CSc1ccccc1Cl)c1cccc(C(F)(F)F)c1. The standard InChI is InChI=1S/C15H13ClF3NS/c16-12-6-1-2-7-14(12)21-9-13(20)10-4-3-5-11(8-10)15(17,18)19/h1-8,13H,9,20H2. The quantitative estimate of drug-likeness (QED) is 0.784. The fourth-order valence-corrected chi connectivity index (χ4v) is 3.01. The Morgan fingerprint density at radius 2 is 1.81 bits per heavy atom. The molecule has 0 radical (unpaired) electrons. The highest BCUT2D eigenvalue weighted by Crippen LogP contribution is 2.32. The summed E-state index contributed by atoms with van der Waals surface area (Å²) < 4.78 is 38.0. The molecule has 1 nitrogen and oxygen atoms in total. The van der Waals surface area contributed by atoms with Crippen molar-refractivity contribution < 1.29 is 13.2 Å². The Labute approximate surface area is 130 Å². The van der Waals surface area contributed by atoms with Gasteiger partial charge in [-0.05, 0) is 29.8 Å². The molecule has 0 saturated heterocycles. The maximum atomic E-state index is 12.7. The second-order valence-corrected chi connectivity index (χ2v) is 5.94. The number of alkyl halides is 3. The first-order valence-corrected chi connectivity index (χ1v) is 7.54. The maximum absolute atomic E-state index is 12.7. The third-order valence-electron chi connectivity index (χ3n) is 2.90. The van der Waals surface area contributed by atoms with E-state index in [0.717, 1.165) is 17.0 Å². The van der Waals surface area contributed by atoms with E-state index in [9.17, 15) is 13.2 Å². The van der Waals surface area contributed by atoms with Crippen LogP contribution in [0.15, 0.2) is 53.4 Å². The largest absolute Gasteiger partial charge is 0.416 e. The van der Waals surface area contributed by atoms with Crippen molar-refractivity contribution in [2.24, 2.45) is 5.73 Å². The number of rotatable bonds is 4. The molecule has 0 bridgehead atoms. The molecule has 112 valence electrons. The summed E-state index contributed by atoms with van der Waals surface area (Å²) in [5.74, 6) is 0.449. The van der Waals surface area contributed by atoms with Crippen LogP contribution in [0.4, 0.5) is 13.2 Å². The highest BCUT2D eigenvalue weighted by atomic mass is 35.5. The summed E-state index contributed by atoms with van der Waals surface area (Å²) in [6, 6.07) is 11.9. The molecule has 0 heterocycles. The summed E-state index contributed by atoms with van der Waals surface area (Å²) in [5, 5.41) is 0.610. The molecule has 0 aliphatic heterocycles. The van der Waals surface area contributed by atoms with E-state index in [0.29, 0.717) is 16.3 Å². The van der Waals surface area contributed by atoms with Crippen molar-refractivity contribution >= 4 is 23.4 Å². The third kappa shape index (κ3) is 4.40. The van der Waals surface area contributed by atoms with Crippen LogP contribution in [0.3, 0.4) is 0 Å². The summed E-state index contributed by atoms with van der Waals surface area (Å²) in [5.41, 5.74) is 5.75. The summed E-state index contributed by atoms with van der Waals surface area (Å²) in [6.07, 6.45) is -4.36. The Kier molecular flexibility index (Phi) is 5.19. The van der Waals surface area contributed by atoms with Gasteiger partial charge in [-0.1, -0.05) is 35.9 Å². The lowest BCUT2D eigenvalue weighted by atomic mass is 10.1. The maximum Gasteiger partial charge on any atom is 0.416 e. The van der Waals surface area contributed by atoms with Gasteiger partial charge in [0.05, 0.1) is 10.6 Å². The molecule has 6 heteroatoms. The first-order chi connectivity index (χ1) is 9.88. The first kappa shape index (κ1) is 16.2. The van der Waals surface area contributed by atoms with E-state index in [4.69, 9.17) is 17.3 Å². The molecular weight excluding hydrogens is 319 g/mol. The molecule has 2 aromatic carbocycles. The Morgan fingerprint density at radius 3 is 2.48 bits per heavy atom. The van der Waals surface area contributed by atoms with Crippen LogP contribution >= 0.6 is 23.4 Å². The zero-order valence-corrected chi connectivity index (χ0v) is 12.5. The molecule has 2 N–H and O–H groups in total. The van der Waals surface area contributed by atoms with E-state index in [2.05, 4.69) is 0 Å². The molecule has 0 aliphatic rings. The monoisotopic (exact) mass is 331 g/mol. The lowest BCUT2D eigenvalue weighted by Crippen LogP contribution is -2.14. The van der Waals surface area contributed by atoms with Gasteiger partial charge >= 0.3 is 6.18 Å². The molecule has 0 aliphatic carbocycles. The first-order valence-electron chi connectivity index (χ1n) is 6.18. The Balaban J connectivity index is 2.07. The Hall–Kier alpha value is -1.17. The van der Waals surface area contributed by atoms with Crippen LogP contribution in [0.5, 0.6) is 0 Å². The molecule has 0 amide bonds. The average molecular weight is 332 g/mol. The van der Waals surface area contributed by atoms with Crippen LogP contribution in [0.1, 0.15) is 17.2 Å². The van der Waals surface area contributed by atoms with Crippen molar-refractivity contribution in [3.8, 4) is 0 Å². The molecule has 2 aromatic rings. The third-order valence-corrected chi connectivity index (χ3v) is 4.53. The Morgan fingerprint density at radius 1 is 1.10 bits per heavy atom. The topological polar surface area (TPSA) is 26.0 Å². The van der Waals surface area contributed by atoms with Crippen LogP contribution in [-0.4, -0.2) is 5.75 Å². The molecule has 0 fully saturated rings. The minimum atomic E-state index is -4.36. The van der Waals surface area contributed by atoms with Gasteiger partial charge in [0.25, 0.3) is 0 Å². The highest BCUT2D eigenvalue weighted by Gasteiger charge is 2.30. The van der Waals surface area contributed by atoms with Gasteiger partial charge < -0.3 is 5.73 Å². The zero-order chi connectivity index (χ0) is 15.5. The van der Waals surface area contributed by atoms with Gasteiger partial charge in [-0.25, -0.2) is 0 Å². The van der Waals surface area contributed by atoms with Gasteiger partial charge in [0, 0.05) is 16.7 Å². The zero-order valence-electron chi connectivity index (χ0n) is 10.9. The van der Waals surface area contributed by atoms with Crippen LogP contribution in [0.25, 0.3) is 0 Å².